The first-order chi connectivity index (χ1) is 20.6. The summed E-state index contributed by atoms with van der Waals surface area (Å²) in [6.45, 7) is 2.78. The molecule has 4 aliphatic heterocycles. The van der Waals surface area contributed by atoms with Crippen LogP contribution in [0.3, 0.4) is 0 Å². The number of carbonyl (C=O) groups is 1. The van der Waals surface area contributed by atoms with Crippen LogP contribution < -0.4 is 21.3 Å². The van der Waals surface area contributed by atoms with Gasteiger partial charge < -0.3 is 39.7 Å². The van der Waals surface area contributed by atoms with Gasteiger partial charge in [-0.25, -0.2) is 9.78 Å². The molecule has 3 aromatic rings. The molecule has 1 aromatic carbocycles. The molecule has 6 heterocycles. The summed E-state index contributed by atoms with van der Waals surface area (Å²) >= 11 is 0. The summed E-state index contributed by atoms with van der Waals surface area (Å²) in [4.78, 5) is 27.3. The van der Waals surface area contributed by atoms with E-state index in [0.717, 1.165) is 55.3 Å². The molecule has 43 heavy (non-hydrogen) atoms. The molecule has 2 saturated carbocycles. The van der Waals surface area contributed by atoms with E-state index in [2.05, 4.69) is 21.1 Å². The third-order valence-corrected chi connectivity index (χ3v) is 9.73. The van der Waals surface area contributed by atoms with Crippen molar-refractivity contribution < 1.29 is 28.8 Å². The Hall–Kier alpha value is -3.67. The lowest BCUT2D eigenvalue weighted by molar-refractivity contribution is -0.244. The highest BCUT2D eigenvalue weighted by Crippen LogP contribution is 2.57. The Bertz CT molecular complexity index is 1560. The second-order valence-electron chi connectivity index (χ2n) is 12.8. The van der Waals surface area contributed by atoms with E-state index >= 15 is 0 Å². The molecule has 2 aromatic heterocycles. The summed E-state index contributed by atoms with van der Waals surface area (Å²) in [7, 11) is 3.09. The normalized spacial score (nSPS) is 30.2. The topological polar surface area (TPSA) is 147 Å². The fraction of sp³-hybridized carbons (Fsp3) is 0.531. The number of aliphatic hydroxyl groups is 1. The van der Waals surface area contributed by atoms with Gasteiger partial charge in [-0.2, -0.15) is 0 Å². The van der Waals surface area contributed by atoms with Crippen LogP contribution in [-0.2, 0) is 26.1 Å². The van der Waals surface area contributed by atoms with Crippen molar-refractivity contribution >= 4 is 28.2 Å². The molecule has 0 amide bonds. The molecule has 9 rings (SSSR count). The molecule has 11 heteroatoms. The summed E-state index contributed by atoms with van der Waals surface area (Å²) in [5, 5.41) is 14.9. The molecular formula is C32H40N4O7. The number of rotatable bonds is 8. The van der Waals surface area contributed by atoms with Gasteiger partial charge in [0.15, 0.2) is 5.60 Å². The number of fused-ring (bicyclic) bond motifs is 5. The molecule has 11 nitrogen and oxygen atoms in total. The number of hydrogen-bond donors (Lipinski definition) is 3. The first-order valence-corrected chi connectivity index (χ1v) is 14.8. The zero-order valence-corrected chi connectivity index (χ0v) is 24.8. The van der Waals surface area contributed by atoms with Crippen LogP contribution in [0.2, 0.25) is 0 Å². The number of ether oxygens (including phenoxy) is 4. The molecule has 4 bridgehead atoms. The number of nitrogen functional groups attached to an aromatic ring is 1. The van der Waals surface area contributed by atoms with Gasteiger partial charge in [0.05, 0.1) is 7.11 Å². The zero-order chi connectivity index (χ0) is 30.3. The molecule has 0 atom stereocenters. The predicted molar refractivity (Wildman–Crippen MR) is 161 cm³/mol. The Labute approximate surface area is 250 Å². The van der Waals surface area contributed by atoms with Gasteiger partial charge in [0.1, 0.15) is 23.8 Å². The standard InChI is InChI=1S/C23H26N4O3.C9H14O4/c1-27-9-6-16(11-20(27)28)29-15-23-12-22(13-23,7-10-30-23)14-26-19-4-2-3-18-17(19)5-8-25-21(18)24;1-12-7(11)9-4-8(5-9,6-10)2-3-13-9/h2-6,8-9,11,26H,7,10,12-15H2,1H3,(H2,24,25);10H,2-6H2,1H3. The van der Waals surface area contributed by atoms with E-state index in [-0.39, 0.29) is 34.6 Å². The number of benzene rings is 1. The number of pyridine rings is 2. The average Bonchev–Trinajstić information content (AvgIpc) is 3.00. The van der Waals surface area contributed by atoms with Crippen molar-refractivity contribution in [2.45, 2.75) is 49.7 Å². The van der Waals surface area contributed by atoms with E-state index < -0.39 is 5.60 Å². The molecule has 4 N–H and O–H groups in total. The number of hydrogen-bond acceptors (Lipinski definition) is 10. The molecule has 0 radical (unpaired) electrons. The maximum absolute atomic E-state index is 11.8. The minimum Gasteiger partial charge on any atom is -0.490 e. The summed E-state index contributed by atoms with van der Waals surface area (Å²) < 4.78 is 23.7. The van der Waals surface area contributed by atoms with Crippen molar-refractivity contribution in [3.63, 3.8) is 0 Å². The van der Waals surface area contributed by atoms with Crippen LogP contribution >= 0.6 is 0 Å². The third-order valence-electron chi connectivity index (χ3n) is 9.73. The molecule has 2 aliphatic carbocycles. The Balaban J connectivity index is 0.000000211. The summed E-state index contributed by atoms with van der Waals surface area (Å²) in [5.41, 5.74) is 6.19. The van der Waals surface area contributed by atoms with Crippen molar-refractivity contribution in [1.29, 1.82) is 0 Å². The van der Waals surface area contributed by atoms with Crippen LogP contribution in [0.4, 0.5) is 11.5 Å². The quantitative estimate of drug-likeness (QED) is 0.334. The van der Waals surface area contributed by atoms with Crippen LogP contribution in [-0.4, -0.2) is 71.9 Å². The SMILES string of the molecule is COC(=O)C12CC(CO)(CCO1)C2.Cn1ccc(OCC23CC(CNc4cccc5c(N)nccc45)(CCO2)C3)cc1=O. The first-order valence-electron chi connectivity index (χ1n) is 14.8. The highest BCUT2D eigenvalue weighted by Gasteiger charge is 2.63. The maximum Gasteiger partial charge on any atom is 0.338 e. The van der Waals surface area contributed by atoms with Gasteiger partial charge in [0.2, 0.25) is 0 Å². The van der Waals surface area contributed by atoms with Gasteiger partial charge in [0.25, 0.3) is 5.56 Å². The second-order valence-corrected chi connectivity index (χ2v) is 12.8. The number of anilines is 2. The number of aromatic nitrogens is 2. The van der Waals surface area contributed by atoms with Gasteiger partial charge >= 0.3 is 5.97 Å². The lowest BCUT2D eigenvalue weighted by Gasteiger charge is -2.59. The van der Waals surface area contributed by atoms with E-state index in [1.54, 1.807) is 19.4 Å². The predicted octanol–water partition coefficient (Wildman–Crippen LogP) is 3.04. The average molecular weight is 593 g/mol. The monoisotopic (exact) mass is 592 g/mol. The minimum atomic E-state index is -0.726. The molecule has 4 saturated heterocycles. The number of nitrogens with one attached hydrogen (secondary N) is 1. The number of aliphatic hydroxyl groups excluding tert-OH is 1. The van der Waals surface area contributed by atoms with E-state index in [9.17, 15) is 9.59 Å². The van der Waals surface area contributed by atoms with Gasteiger partial charge in [-0.05, 0) is 62.1 Å². The van der Waals surface area contributed by atoms with Crippen LogP contribution in [0.5, 0.6) is 5.75 Å². The van der Waals surface area contributed by atoms with Gasteiger partial charge in [-0.15, -0.1) is 0 Å². The Morgan fingerprint density at radius 2 is 1.86 bits per heavy atom. The number of methoxy groups -OCH3 is 1. The fourth-order valence-corrected chi connectivity index (χ4v) is 7.42. The summed E-state index contributed by atoms with van der Waals surface area (Å²) in [5.74, 6) is 0.853. The van der Waals surface area contributed by atoms with Crippen LogP contribution in [0.25, 0.3) is 10.8 Å². The van der Waals surface area contributed by atoms with E-state index in [0.29, 0.717) is 37.6 Å². The molecule has 0 unspecified atom stereocenters. The van der Waals surface area contributed by atoms with Crippen LogP contribution in [0.15, 0.2) is 53.6 Å². The molecule has 6 aliphatic rings. The van der Waals surface area contributed by atoms with Crippen LogP contribution in [0.1, 0.15) is 38.5 Å². The van der Waals surface area contributed by atoms with Crippen molar-refractivity contribution in [2.24, 2.45) is 17.9 Å². The fourth-order valence-electron chi connectivity index (χ4n) is 7.42. The van der Waals surface area contributed by atoms with Crippen molar-refractivity contribution in [2.75, 3.05) is 51.1 Å². The van der Waals surface area contributed by atoms with E-state index in [1.807, 2.05) is 24.3 Å². The minimum absolute atomic E-state index is 0.0631. The van der Waals surface area contributed by atoms with E-state index in [4.69, 9.17) is 25.1 Å². The highest BCUT2D eigenvalue weighted by atomic mass is 16.6. The van der Waals surface area contributed by atoms with Crippen LogP contribution in [0, 0.1) is 10.8 Å². The molecule has 230 valence electrons. The third kappa shape index (κ3) is 5.45. The van der Waals surface area contributed by atoms with Gasteiger partial charge in [-0.1, -0.05) is 12.1 Å². The number of nitrogens with two attached hydrogens (primary N) is 1. The molecular weight excluding hydrogens is 552 g/mol. The number of aryl methyl sites for hydroxylation is 1. The Kier molecular flexibility index (Phi) is 7.60. The van der Waals surface area contributed by atoms with Gasteiger partial charge in [-0.3, -0.25) is 4.79 Å². The van der Waals surface area contributed by atoms with Crippen molar-refractivity contribution in [1.82, 2.24) is 9.55 Å². The highest BCUT2D eigenvalue weighted by molar-refractivity contribution is 5.99. The number of esters is 1. The molecule has 0 spiro atoms. The molecule has 6 fully saturated rings. The number of nitrogens with zero attached hydrogens (tertiary/aromatic N) is 2. The lowest BCUT2D eigenvalue weighted by Crippen LogP contribution is -2.64. The first kappa shape index (κ1) is 29.4. The summed E-state index contributed by atoms with van der Waals surface area (Å²) in [6.07, 6.45) is 8.48. The largest absolute Gasteiger partial charge is 0.490 e. The summed E-state index contributed by atoms with van der Waals surface area (Å²) in [6, 6.07) is 11.4. The number of carbonyl (C=O) groups excluding carboxylic acids is 1. The Morgan fingerprint density at radius 1 is 1.09 bits per heavy atom. The van der Waals surface area contributed by atoms with Crippen molar-refractivity contribution in [3.05, 3.63) is 59.1 Å². The zero-order valence-electron chi connectivity index (χ0n) is 24.8. The maximum atomic E-state index is 11.8. The second kappa shape index (κ2) is 11.1. The lowest BCUT2D eigenvalue weighted by atomic mass is 9.56. The van der Waals surface area contributed by atoms with E-state index in [1.165, 1.54) is 17.7 Å². The van der Waals surface area contributed by atoms with Gasteiger partial charge in [0, 0.05) is 73.7 Å². The smallest absolute Gasteiger partial charge is 0.338 e. The Morgan fingerprint density at radius 3 is 2.60 bits per heavy atom. The van der Waals surface area contributed by atoms with Crippen molar-refractivity contribution in [3.8, 4) is 5.75 Å².